The molecule has 1 aromatic carbocycles. The lowest BCUT2D eigenvalue weighted by Crippen LogP contribution is -2.25. The van der Waals surface area contributed by atoms with Gasteiger partial charge in [0.1, 0.15) is 0 Å². The first-order chi connectivity index (χ1) is 11.8. The van der Waals surface area contributed by atoms with Crippen molar-refractivity contribution in [2.45, 2.75) is 13.0 Å². The predicted octanol–water partition coefficient (Wildman–Crippen LogP) is 1.92. The summed E-state index contributed by atoms with van der Waals surface area (Å²) in [5.74, 6) is -0.955. The second-order valence-electron chi connectivity index (χ2n) is 6.10. The lowest BCUT2D eigenvalue weighted by atomic mass is 10.1. The molecule has 1 aliphatic heterocycles. The van der Waals surface area contributed by atoms with E-state index in [2.05, 4.69) is 5.32 Å². The summed E-state index contributed by atoms with van der Waals surface area (Å²) in [6.45, 7) is 0.345. The first kappa shape index (κ1) is 17.7. The van der Waals surface area contributed by atoms with E-state index < -0.39 is 15.8 Å². The Bertz CT molecular complexity index is 951. The Labute approximate surface area is 150 Å². The summed E-state index contributed by atoms with van der Waals surface area (Å²) in [7, 11) is -3.12. The third-order valence-electron chi connectivity index (χ3n) is 4.12. The number of hydrogen-bond acceptors (Lipinski definition) is 4. The normalized spacial score (nSPS) is 18.8. The molecular weight excluding hydrogens is 364 g/mol. The van der Waals surface area contributed by atoms with Crippen molar-refractivity contribution in [3.8, 4) is 0 Å². The molecule has 0 radical (unpaired) electrons. The molecule has 6 nitrogen and oxygen atoms in total. The summed E-state index contributed by atoms with van der Waals surface area (Å²) in [6, 6.07) is 10.0. The minimum absolute atomic E-state index is 0.0428. The number of carbonyl (C=O) groups excluding carboxylic acids is 1. The van der Waals surface area contributed by atoms with Crippen LogP contribution in [0.2, 0.25) is 5.02 Å². The van der Waals surface area contributed by atoms with Crippen LogP contribution < -0.4 is 10.9 Å². The fraction of sp³-hybridized carbons (Fsp3) is 0.294. The van der Waals surface area contributed by atoms with E-state index >= 15 is 0 Å². The first-order valence-corrected chi connectivity index (χ1v) is 9.98. The van der Waals surface area contributed by atoms with Gasteiger partial charge in [-0.15, -0.1) is 0 Å². The molecule has 1 saturated heterocycles. The minimum Gasteiger partial charge on any atom is -0.325 e. The maximum Gasteiger partial charge on any atom is 0.250 e. The van der Waals surface area contributed by atoms with Crippen molar-refractivity contribution in [3.05, 3.63) is 63.5 Å². The SMILES string of the molecule is O=C(Nc1ccc(=O)n(Cc2ccc(Cl)cc2)c1)C1CCS(=O)(=O)C1. The molecule has 1 fully saturated rings. The molecule has 1 atom stereocenters. The first-order valence-electron chi connectivity index (χ1n) is 7.79. The fourth-order valence-corrected chi connectivity index (χ4v) is 4.63. The number of pyridine rings is 1. The Morgan fingerprint density at radius 1 is 1.20 bits per heavy atom. The van der Waals surface area contributed by atoms with E-state index in [-0.39, 0.29) is 23.0 Å². The number of aromatic nitrogens is 1. The van der Waals surface area contributed by atoms with E-state index in [1.54, 1.807) is 18.3 Å². The Balaban J connectivity index is 1.74. The number of amides is 1. The molecule has 0 spiro atoms. The van der Waals surface area contributed by atoms with E-state index in [1.807, 2.05) is 12.1 Å². The van der Waals surface area contributed by atoms with Gasteiger partial charge in [0.2, 0.25) is 5.91 Å². The van der Waals surface area contributed by atoms with Crippen molar-refractivity contribution < 1.29 is 13.2 Å². The van der Waals surface area contributed by atoms with Crippen molar-refractivity contribution >= 4 is 33.0 Å². The van der Waals surface area contributed by atoms with Crippen LogP contribution in [-0.4, -0.2) is 30.4 Å². The van der Waals surface area contributed by atoms with Crippen LogP contribution in [0.3, 0.4) is 0 Å². The molecule has 0 saturated carbocycles. The Kier molecular flexibility index (Phi) is 4.96. The van der Waals surface area contributed by atoms with Crippen molar-refractivity contribution in [1.82, 2.24) is 4.57 Å². The average molecular weight is 381 g/mol. The van der Waals surface area contributed by atoms with Gasteiger partial charge in [-0.1, -0.05) is 23.7 Å². The maximum atomic E-state index is 12.2. The smallest absolute Gasteiger partial charge is 0.250 e. The molecule has 1 amide bonds. The van der Waals surface area contributed by atoms with Crippen LogP contribution in [0.1, 0.15) is 12.0 Å². The van der Waals surface area contributed by atoms with Gasteiger partial charge in [-0.3, -0.25) is 9.59 Å². The highest BCUT2D eigenvalue weighted by Gasteiger charge is 2.32. The quantitative estimate of drug-likeness (QED) is 0.878. The lowest BCUT2D eigenvalue weighted by molar-refractivity contribution is -0.119. The summed E-state index contributed by atoms with van der Waals surface area (Å²) in [5.41, 5.74) is 1.16. The van der Waals surface area contributed by atoms with Crippen LogP contribution in [0.15, 0.2) is 47.4 Å². The zero-order valence-corrected chi connectivity index (χ0v) is 14.9. The predicted molar refractivity (Wildman–Crippen MR) is 96.6 cm³/mol. The van der Waals surface area contributed by atoms with Gasteiger partial charge in [0.05, 0.1) is 29.7 Å². The molecule has 8 heteroatoms. The van der Waals surface area contributed by atoms with Gasteiger partial charge in [0.25, 0.3) is 5.56 Å². The highest BCUT2D eigenvalue weighted by Crippen LogP contribution is 2.20. The molecule has 25 heavy (non-hydrogen) atoms. The number of halogens is 1. The van der Waals surface area contributed by atoms with E-state index in [1.165, 1.54) is 16.7 Å². The van der Waals surface area contributed by atoms with Crippen LogP contribution in [-0.2, 0) is 21.2 Å². The van der Waals surface area contributed by atoms with E-state index in [4.69, 9.17) is 11.6 Å². The lowest BCUT2D eigenvalue weighted by Gasteiger charge is -2.12. The van der Waals surface area contributed by atoms with Crippen LogP contribution >= 0.6 is 11.6 Å². The van der Waals surface area contributed by atoms with Gasteiger partial charge >= 0.3 is 0 Å². The number of carbonyl (C=O) groups is 1. The van der Waals surface area contributed by atoms with Crippen molar-refractivity contribution in [1.29, 1.82) is 0 Å². The number of anilines is 1. The molecule has 1 aromatic heterocycles. The molecular formula is C17H17ClN2O4S. The largest absolute Gasteiger partial charge is 0.325 e. The highest BCUT2D eigenvalue weighted by atomic mass is 35.5. The van der Waals surface area contributed by atoms with Crippen molar-refractivity contribution in [2.24, 2.45) is 5.92 Å². The van der Waals surface area contributed by atoms with E-state index in [0.717, 1.165) is 5.56 Å². The molecule has 0 aliphatic carbocycles. The van der Waals surface area contributed by atoms with E-state index in [9.17, 15) is 18.0 Å². The number of hydrogen-bond donors (Lipinski definition) is 1. The number of benzene rings is 1. The van der Waals surface area contributed by atoms with Gasteiger partial charge in [-0.2, -0.15) is 0 Å². The third-order valence-corrected chi connectivity index (χ3v) is 6.14. The van der Waals surface area contributed by atoms with Crippen LogP contribution in [0, 0.1) is 5.92 Å². The van der Waals surface area contributed by atoms with Gasteiger partial charge in [0.15, 0.2) is 9.84 Å². The van der Waals surface area contributed by atoms with Gasteiger partial charge in [-0.05, 0) is 30.2 Å². The minimum atomic E-state index is -3.12. The maximum absolute atomic E-state index is 12.2. The van der Waals surface area contributed by atoms with Gasteiger partial charge in [-0.25, -0.2) is 8.42 Å². The molecule has 1 N–H and O–H groups in total. The van der Waals surface area contributed by atoms with Crippen LogP contribution in [0.4, 0.5) is 5.69 Å². The molecule has 1 aliphatic rings. The van der Waals surface area contributed by atoms with Crippen molar-refractivity contribution in [2.75, 3.05) is 16.8 Å². The third kappa shape index (κ3) is 4.49. The molecule has 2 heterocycles. The fourth-order valence-electron chi connectivity index (χ4n) is 2.76. The topological polar surface area (TPSA) is 85.2 Å². The Morgan fingerprint density at radius 3 is 2.56 bits per heavy atom. The zero-order valence-electron chi connectivity index (χ0n) is 13.3. The van der Waals surface area contributed by atoms with Crippen LogP contribution in [0.5, 0.6) is 0 Å². The second-order valence-corrected chi connectivity index (χ2v) is 8.76. The standard InChI is InChI=1S/C17H17ClN2O4S/c18-14-3-1-12(2-4-14)9-20-10-15(5-6-16(20)21)19-17(22)13-7-8-25(23,24)11-13/h1-6,10,13H,7-9,11H2,(H,19,22). The van der Waals surface area contributed by atoms with Gasteiger partial charge < -0.3 is 9.88 Å². The Hall–Kier alpha value is -2.12. The summed E-state index contributed by atoms with van der Waals surface area (Å²) in [6.07, 6.45) is 1.89. The second kappa shape index (κ2) is 7.01. The summed E-state index contributed by atoms with van der Waals surface area (Å²) >= 11 is 5.85. The number of nitrogens with zero attached hydrogens (tertiary/aromatic N) is 1. The molecule has 132 valence electrons. The molecule has 1 unspecified atom stereocenters. The summed E-state index contributed by atoms with van der Waals surface area (Å²) in [5, 5.41) is 3.31. The van der Waals surface area contributed by atoms with Gasteiger partial charge in [0, 0.05) is 17.3 Å². The van der Waals surface area contributed by atoms with E-state index in [0.29, 0.717) is 23.7 Å². The molecule has 3 rings (SSSR count). The van der Waals surface area contributed by atoms with Crippen molar-refractivity contribution in [3.63, 3.8) is 0 Å². The number of sulfone groups is 1. The zero-order chi connectivity index (χ0) is 18.0. The Morgan fingerprint density at radius 2 is 1.92 bits per heavy atom. The average Bonchev–Trinajstić information content (AvgIpc) is 2.93. The number of nitrogens with one attached hydrogen (secondary N) is 1. The molecule has 0 bridgehead atoms. The van der Waals surface area contributed by atoms with Crippen LogP contribution in [0.25, 0.3) is 0 Å². The monoisotopic (exact) mass is 380 g/mol. The molecule has 2 aromatic rings. The summed E-state index contributed by atoms with van der Waals surface area (Å²) < 4.78 is 24.5. The number of rotatable bonds is 4. The summed E-state index contributed by atoms with van der Waals surface area (Å²) in [4.78, 5) is 24.2. The highest BCUT2D eigenvalue weighted by molar-refractivity contribution is 7.91.